The Kier molecular flexibility index (Phi) is 4.88. The molecule has 2 aromatic carbocycles. The van der Waals surface area contributed by atoms with Crippen LogP contribution in [0.5, 0.6) is 11.5 Å². The number of rotatable bonds is 4. The highest BCUT2D eigenvalue weighted by Crippen LogP contribution is 2.25. The van der Waals surface area contributed by atoms with Crippen molar-refractivity contribution in [3.63, 3.8) is 0 Å². The standard InChI is InChI=1S/C19H20N2O4/c1-14-6-2-3-7-15(14)21-11-10-20(12-18(21)23)19(24)13-25-17-9-5-4-8-16(17)22/h2-9,22H,10-13H2,1H3. The fourth-order valence-corrected chi connectivity index (χ4v) is 2.82. The van der Waals surface area contributed by atoms with Crippen molar-refractivity contribution in [3.05, 3.63) is 54.1 Å². The van der Waals surface area contributed by atoms with E-state index in [0.717, 1.165) is 11.3 Å². The first-order valence-corrected chi connectivity index (χ1v) is 8.11. The van der Waals surface area contributed by atoms with Gasteiger partial charge in [0, 0.05) is 18.8 Å². The Bertz CT molecular complexity index is 790. The molecule has 2 aromatic rings. The molecule has 6 nitrogen and oxygen atoms in total. The highest BCUT2D eigenvalue weighted by atomic mass is 16.5. The minimum Gasteiger partial charge on any atom is -0.504 e. The lowest BCUT2D eigenvalue weighted by molar-refractivity contribution is -0.138. The summed E-state index contributed by atoms with van der Waals surface area (Å²) in [4.78, 5) is 27.9. The van der Waals surface area contributed by atoms with E-state index in [1.807, 2.05) is 31.2 Å². The van der Waals surface area contributed by atoms with Crippen molar-refractivity contribution in [2.24, 2.45) is 0 Å². The topological polar surface area (TPSA) is 70.1 Å². The molecular formula is C19H20N2O4. The van der Waals surface area contributed by atoms with Crippen LogP contribution in [0, 0.1) is 6.92 Å². The number of anilines is 1. The summed E-state index contributed by atoms with van der Waals surface area (Å²) in [5.74, 6) is -0.158. The molecule has 1 aliphatic heterocycles. The van der Waals surface area contributed by atoms with E-state index in [1.54, 1.807) is 23.1 Å². The summed E-state index contributed by atoms with van der Waals surface area (Å²) in [5, 5.41) is 9.65. The molecule has 1 heterocycles. The van der Waals surface area contributed by atoms with E-state index in [0.29, 0.717) is 13.1 Å². The first kappa shape index (κ1) is 16.8. The van der Waals surface area contributed by atoms with Gasteiger partial charge in [-0.3, -0.25) is 9.59 Å². The summed E-state index contributed by atoms with van der Waals surface area (Å²) < 4.78 is 5.35. The zero-order valence-corrected chi connectivity index (χ0v) is 14.0. The minimum absolute atomic E-state index is 0.0178. The van der Waals surface area contributed by atoms with E-state index >= 15 is 0 Å². The van der Waals surface area contributed by atoms with Gasteiger partial charge in [-0.1, -0.05) is 30.3 Å². The Morgan fingerprint density at radius 3 is 2.56 bits per heavy atom. The summed E-state index contributed by atoms with van der Waals surface area (Å²) >= 11 is 0. The van der Waals surface area contributed by atoms with E-state index < -0.39 is 0 Å². The smallest absolute Gasteiger partial charge is 0.261 e. The molecule has 0 atom stereocenters. The van der Waals surface area contributed by atoms with Crippen LogP contribution in [0.25, 0.3) is 0 Å². The van der Waals surface area contributed by atoms with Crippen LogP contribution in [-0.4, -0.2) is 48.1 Å². The van der Waals surface area contributed by atoms with Gasteiger partial charge in [0.25, 0.3) is 5.91 Å². The van der Waals surface area contributed by atoms with Crippen molar-refractivity contribution < 1.29 is 19.4 Å². The zero-order valence-electron chi connectivity index (χ0n) is 14.0. The molecule has 130 valence electrons. The Morgan fingerprint density at radius 2 is 1.84 bits per heavy atom. The molecule has 3 rings (SSSR count). The van der Waals surface area contributed by atoms with Crippen LogP contribution in [-0.2, 0) is 9.59 Å². The van der Waals surface area contributed by atoms with Crippen LogP contribution in [0.4, 0.5) is 5.69 Å². The number of nitrogens with zero attached hydrogens (tertiary/aromatic N) is 2. The number of benzene rings is 2. The van der Waals surface area contributed by atoms with E-state index in [9.17, 15) is 14.7 Å². The predicted octanol–water partition coefficient (Wildman–Crippen LogP) is 1.95. The maximum absolute atomic E-state index is 12.4. The number of hydrogen-bond donors (Lipinski definition) is 1. The Morgan fingerprint density at radius 1 is 1.12 bits per heavy atom. The number of aryl methyl sites for hydroxylation is 1. The fourth-order valence-electron chi connectivity index (χ4n) is 2.82. The Balaban J connectivity index is 1.59. The van der Waals surface area contributed by atoms with Gasteiger partial charge in [-0.25, -0.2) is 0 Å². The van der Waals surface area contributed by atoms with Crippen molar-refractivity contribution in [1.29, 1.82) is 0 Å². The molecule has 6 heteroatoms. The third-order valence-electron chi connectivity index (χ3n) is 4.20. The van der Waals surface area contributed by atoms with Crippen LogP contribution >= 0.6 is 0 Å². The van der Waals surface area contributed by atoms with Gasteiger partial charge < -0.3 is 19.6 Å². The number of carbonyl (C=O) groups excluding carboxylic acids is 2. The average Bonchev–Trinajstić information content (AvgIpc) is 2.61. The van der Waals surface area contributed by atoms with Crippen molar-refractivity contribution in [1.82, 2.24) is 4.90 Å². The molecule has 0 spiro atoms. The van der Waals surface area contributed by atoms with Crippen molar-refractivity contribution in [3.8, 4) is 11.5 Å². The van der Waals surface area contributed by atoms with Crippen LogP contribution in [0.2, 0.25) is 0 Å². The number of para-hydroxylation sites is 3. The second kappa shape index (κ2) is 7.25. The minimum atomic E-state index is -0.277. The molecule has 1 aliphatic rings. The van der Waals surface area contributed by atoms with Gasteiger partial charge in [-0.2, -0.15) is 0 Å². The lowest BCUT2D eigenvalue weighted by Gasteiger charge is -2.35. The highest BCUT2D eigenvalue weighted by Gasteiger charge is 2.28. The number of ether oxygens (including phenoxy) is 1. The van der Waals surface area contributed by atoms with Gasteiger partial charge in [0.1, 0.15) is 6.54 Å². The van der Waals surface area contributed by atoms with Crippen molar-refractivity contribution >= 4 is 17.5 Å². The quantitative estimate of drug-likeness (QED) is 0.924. The molecule has 0 unspecified atom stereocenters. The molecule has 0 aliphatic carbocycles. The molecule has 0 aromatic heterocycles. The van der Waals surface area contributed by atoms with Gasteiger partial charge in [-0.15, -0.1) is 0 Å². The molecule has 0 radical (unpaired) electrons. The van der Waals surface area contributed by atoms with Gasteiger partial charge in [0.2, 0.25) is 5.91 Å². The lowest BCUT2D eigenvalue weighted by atomic mass is 10.1. The molecule has 1 saturated heterocycles. The lowest BCUT2D eigenvalue weighted by Crippen LogP contribution is -2.53. The molecular weight excluding hydrogens is 320 g/mol. The number of phenols is 1. The normalized spacial score (nSPS) is 14.5. The third-order valence-corrected chi connectivity index (χ3v) is 4.20. The summed E-state index contributed by atoms with van der Waals surface area (Å²) in [6.45, 7) is 2.67. The van der Waals surface area contributed by atoms with Crippen LogP contribution in [0.15, 0.2) is 48.5 Å². The fraction of sp³-hybridized carbons (Fsp3) is 0.263. The summed E-state index contributed by atoms with van der Waals surface area (Å²) in [6, 6.07) is 14.2. The van der Waals surface area contributed by atoms with Gasteiger partial charge in [-0.05, 0) is 30.7 Å². The SMILES string of the molecule is Cc1ccccc1N1CCN(C(=O)COc2ccccc2O)CC1=O. The van der Waals surface area contributed by atoms with E-state index in [-0.39, 0.29) is 36.5 Å². The number of aromatic hydroxyl groups is 1. The summed E-state index contributed by atoms with van der Waals surface area (Å²) in [7, 11) is 0. The van der Waals surface area contributed by atoms with Crippen molar-refractivity contribution in [2.45, 2.75) is 6.92 Å². The number of carbonyl (C=O) groups is 2. The van der Waals surface area contributed by atoms with E-state index in [4.69, 9.17) is 4.74 Å². The Labute approximate surface area is 146 Å². The number of amides is 2. The van der Waals surface area contributed by atoms with Crippen molar-refractivity contribution in [2.75, 3.05) is 31.1 Å². The molecule has 1 fully saturated rings. The monoisotopic (exact) mass is 340 g/mol. The van der Waals surface area contributed by atoms with E-state index in [2.05, 4.69) is 0 Å². The first-order valence-electron chi connectivity index (χ1n) is 8.11. The maximum atomic E-state index is 12.4. The van der Waals surface area contributed by atoms with Gasteiger partial charge >= 0.3 is 0 Å². The van der Waals surface area contributed by atoms with Crippen LogP contribution < -0.4 is 9.64 Å². The predicted molar refractivity (Wildman–Crippen MR) is 93.7 cm³/mol. The average molecular weight is 340 g/mol. The molecule has 1 N–H and O–H groups in total. The second-order valence-corrected chi connectivity index (χ2v) is 5.90. The largest absolute Gasteiger partial charge is 0.504 e. The third kappa shape index (κ3) is 3.74. The molecule has 0 bridgehead atoms. The van der Waals surface area contributed by atoms with Crippen LogP contribution in [0.3, 0.4) is 0 Å². The maximum Gasteiger partial charge on any atom is 0.261 e. The zero-order chi connectivity index (χ0) is 17.8. The van der Waals surface area contributed by atoms with Gasteiger partial charge in [0.15, 0.2) is 18.1 Å². The van der Waals surface area contributed by atoms with Crippen LogP contribution in [0.1, 0.15) is 5.56 Å². The first-order chi connectivity index (χ1) is 12.1. The second-order valence-electron chi connectivity index (χ2n) is 5.90. The number of piperazine rings is 1. The van der Waals surface area contributed by atoms with Gasteiger partial charge in [0.05, 0.1) is 0 Å². The number of hydrogen-bond acceptors (Lipinski definition) is 4. The Hall–Kier alpha value is -3.02. The summed E-state index contributed by atoms with van der Waals surface area (Å²) in [5.41, 5.74) is 1.91. The summed E-state index contributed by atoms with van der Waals surface area (Å²) in [6.07, 6.45) is 0. The molecule has 0 saturated carbocycles. The molecule has 2 amide bonds. The van der Waals surface area contributed by atoms with E-state index in [1.165, 1.54) is 11.0 Å². The molecule has 25 heavy (non-hydrogen) atoms. The number of phenolic OH excluding ortho intramolecular Hbond substituents is 1. The highest BCUT2D eigenvalue weighted by molar-refractivity contribution is 5.98.